The van der Waals surface area contributed by atoms with Crippen LogP contribution in [-0.4, -0.2) is 31.3 Å². The number of carbonyl (C=O) groups excluding carboxylic acids is 2. The molecule has 0 bridgehead atoms. The Labute approximate surface area is 118 Å². The maximum Gasteiger partial charge on any atom is 0.573 e. The van der Waals surface area contributed by atoms with Crippen molar-refractivity contribution in [2.75, 3.05) is 13.2 Å². The van der Waals surface area contributed by atoms with Crippen LogP contribution in [0, 0.1) is 0 Å². The average Bonchev–Trinajstić information content (AvgIpc) is 2.36. The van der Waals surface area contributed by atoms with Crippen LogP contribution in [0.15, 0.2) is 24.3 Å². The van der Waals surface area contributed by atoms with Crippen molar-refractivity contribution < 1.29 is 37.0 Å². The molecule has 0 fully saturated rings. The van der Waals surface area contributed by atoms with Gasteiger partial charge in [0.25, 0.3) is 0 Å². The Bertz CT molecular complexity index is 499. The van der Waals surface area contributed by atoms with Gasteiger partial charge in [-0.3, -0.25) is 9.59 Å². The van der Waals surface area contributed by atoms with E-state index < -0.39 is 36.9 Å². The van der Waals surface area contributed by atoms with Gasteiger partial charge in [-0.1, -0.05) is 12.1 Å². The highest BCUT2D eigenvalue weighted by Gasteiger charge is 2.32. The third-order valence-electron chi connectivity index (χ3n) is 2.11. The number of esters is 1. The van der Waals surface area contributed by atoms with E-state index in [0.717, 1.165) is 6.07 Å². The second kappa shape index (κ2) is 7.51. The van der Waals surface area contributed by atoms with Crippen molar-refractivity contribution in [2.24, 2.45) is 0 Å². The summed E-state index contributed by atoms with van der Waals surface area (Å²) < 4.78 is 49.8. The van der Waals surface area contributed by atoms with Crippen LogP contribution in [0.2, 0.25) is 0 Å². The first-order valence-electron chi connectivity index (χ1n) is 5.96. The van der Waals surface area contributed by atoms with E-state index in [1.807, 2.05) is 0 Å². The SMILES string of the molecule is CCOC(=O)CC(=O)COc1ccccc1OC(F)(F)F. The minimum absolute atomic E-state index is 0.134. The van der Waals surface area contributed by atoms with Crippen LogP contribution >= 0.6 is 0 Å². The van der Waals surface area contributed by atoms with Crippen LogP contribution in [0.4, 0.5) is 13.2 Å². The summed E-state index contributed by atoms with van der Waals surface area (Å²) in [6, 6.07) is 5.03. The molecule has 8 heteroatoms. The van der Waals surface area contributed by atoms with Crippen LogP contribution in [0.25, 0.3) is 0 Å². The van der Waals surface area contributed by atoms with Gasteiger partial charge in [0.2, 0.25) is 0 Å². The van der Waals surface area contributed by atoms with E-state index in [2.05, 4.69) is 9.47 Å². The van der Waals surface area contributed by atoms with E-state index >= 15 is 0 Å². The summed E-state index contributed by atoms with van der Waals surface area (Å²) in [5, 5.41) is 0. The maximum atomic E-state index is 12.2. The first-order chi connectivity index (χ1) is 9.81. The number of benzene rings is 1. The number of Topliss-reactive ketones (excluding diaryl/α,β-unsaturated/α-hetero) is 1. The number of ether oxygens (including phenoxy) is 3. The number of rotatable bonds is 7. The van der Waals surface area contributed by atoms with Gasteiger partial charge < -0.3 is 14.2 Å². The molecule has 0 heterocycles. The van der Waals surface area contributed by atoms with Gasteiger partial charge in [0, 0.05) is 0 Å². The predicted molar refractivity (Wildman–Crippen MR) is 64.9 cm³/mol. The molecule has 0 radical (unpaired) electrons. The summed E-state index contributed by atoms with van der Waals surface area (Å²) in [5.41, 5.74) is 0. The summed E-state index contributed by atoms with van der Waals surface area (Å²) in [5.74, 6) is -2.14. The topological polar surface area (TPSA) is 61.8 Å². The molecule has 0 saturated carbocycles. The fraction of sp³-hybridized carbons (Fsp3) is 0.385. The molecule has 5 nitrogen and oxygen atoms in total. The van der Waals surface area contributed by atoms with Crippen LogP contribution in [0.3, 0.4) is 0 Å². The van der Waals surface area contributed by atoms with Crippen LogP contribution in [0.1, 0.15) is 13.3 Å². The van der Waals surface area contributed by atoms with Gasteiger partial charge >= 0.3 is 12.3 Å². The standard InChI is InChI=1S/C13H13F3O5/c1-2-19-12(18)7-9(17)8-20-10-5-3-4-6-11(10)21-13(14,15)16/h3-6H,2,7-8H2,1H3. The van der Waals surface area contributed by atoms with Crippen molar-refractivity contribution >= 4 is 11.8 Å². The number of alkyl halides is 3. The van der Waals surface area contributed by atoms with Gasteiger partial charge in [0.1, 0.15) is 13.0 Å². The Balaban J connectivity index is 2.59. The maximum absolute atomic E-state index is 12.2. The Morgan fingerprint density at radius 3 is 2.33 bits per heavy atom. The van der Waals surface area contributed by atoms with Crippen molar-refractivity contribution in [2.45, 2.75) is 19.7 Å². The first-order valence-corrected chi connectivity index (χ1v) is 5.96. The summed E-state index contributed by atoms with van der Waals surface area (Å²) in [6.45, 7) is 1.16. The zero-order valence-corrected chi connectivity index (χ0v) is 11.1. The lowest BCUT2D eigenvalue weighted by Gasteiger charge is -2.13. The highest BCUT2D eigenvalue weighted by atomic mass is 19.4. The molecule has 0 aliphatic heterocycles. The largest absolute Gasteiger partial charge is 0.573 e. The van der Waals surface area contributed by atoms with E-state index in [9.17, 15) is 22.8 Å². The predicted octanol–water partition coefficient (Wildman–Crippen LogP) is 2.49. The molecule has 0 N–H and O–H groups in total. The van der Waals surface area contributed by atoms with Crippen LogP contribution < -0.4 is 9.47 Å². The molecule has 0 aliphatic carbocycles. The van der Waals surface area contributed by atoms with E-state index in [1.165, 1.54) is 18.2 Å². The van der Waals surface area contributed by atoms with Gasteiger partial charge in [-0.05, 0) is 19.1 Å². The summed E-state index contributed by atoms with van der Waals surface area (Å²) in [4.78, 5) is 22.5. The number of hydrogen-bond donors (Lipinski definition) is 0. The molecule has 1 aromatic rings. The second-order valence-corrected chi connectivity index (χ2v) is 3.80. The fourth-order valence-electron chi connectivity index (χ4n) is 1.36. The smallest absolute Gasteiger partial charge is 0.482 e. The molecular formula is C13H13F3O5. The van der Waals surface area contributed by atoms with Gasteiger partial charge in [-0.25, -0.2) is 0 Å². The zero-order chi connectivity index (χ0) is 15.9. The molecule has 0 amide bonds. The molecule has 0 aromatic heterocycles. The summed E-state index contributed by atoms with van der Waals surface area (Å²) >= 11 is 0. The molecule has 0 saturated heterocycles. The number of hydrogen-bond acceptors (Lipinski definition) is 5. The minimum atomic E-state index is -4.87. The van der Waals surface area contributed by atoms with E-state index in [4.69, 9.17) is 4.74 Å². The van der Waals surface area contributed by atoms with Crippen molar-refractivity contribution in [3.05, 3.63) is 24.3 Å². The summed E-state index contributed by atoms with van der Waals surface area (Å²) in [7, 11) is 0. The average molecular weight is 306 g/mol. The fourth-order valence-corrected chi connectivity index (χ4v) is 1.36. The summed E-state index contributed by atoms with van der Waals surface area (Å²) in [6.07, 6.45) is -5.37. The Kier molecular flexibility index (Phi) is 6.01. The quantitative estimate of drug-likeness (QED) is 0.572. The molecule has 0 spiro atoms. The van der Waals surface area contributed by atoms with Crippen molar-refractivity contribution in [1.29, 1.82) is 0 Å². The normalized spacial score (nSPS) is 10.9. The molecule has 116 valence electrons. The van der Waals surface area contributed by atoms with Crippen molar-refractivity contribution in [3.8, 4) is 11.5 Å². The highest BCUT2D eigenvalue weighted by molar-refractivity contribution is 5.96. The van der Waals surface area contributed by atoms with Gasteiger partial charge in [0.05, 0.1) is 6.61 Å². The Morgan fingerprint density at radius 1 is 1.14 bits per heavy atom. The highest BCUT2D eigenvalue weighted by Crippen LogP contribution is 2.31. The van der Waals surface area contributed by atoms with Crippen molar-refractivity contribution in [3.63, 3.8) is 0 Å². The van der Waals surface area contributed by atoms with Crippen LogP contribution in [-0.2, 0) is 14.3 Å². The van der Waals surface area contributed by atoms with E-state index in [1.54, 1.807) is 6.92 Å². The Morgan fingerprint density at radius 2 is 1.76 bits per heavy atom. The molecule has 21 heavy (non-hydrogen) atoms. The Hall–Kier alpha value is -2.25. The number of ketones is 1. The lowest BCUT2D eigenvalue weighted by Crippen LogP contribution is -2.20. The van der Waals surface area contributed by atoms with Crippen LogP contribution in [0.5, 0.6) is 11.5 Å². The molecule has 0 aliphatic rings. The molecule has 0 unspecified atom stereocenters. The molecule has 0 atom stereocenters. The third-order valence-corrected chi connectivity index (χ3v) is 2.11. The van der Waals surface area contributed by atoms with Gasteiger partial charge in [-0.15, -0.1) is 13.2 Å². The minimum Gasteiger partial charge on any atom is -0.482 e. The molecule has 1 rings (SSSR count). The first kappa shape index (κ1) is 16.8. The molecule has 1 aromatic carbocycles. The number of halogens is 3. The van der Waals surface area contributed by atoms with E-state index in [0.29, 0.717) is 0 Å². The van der Waals surface area contributed by atoms with Gasteiger partial charge in [-0.2, -0.15) is 0 Å². The van der Waals surface area contributed by atoms with Gasteiger partial charge in [0.15, 0.2) is 17.3 Å². The van der Waals surface area contributed by atoms with E-state index in [-0.39, 0.29) is 12.4 Å². The number of carbonyl (C=O) groups is 2. The number of para-hydroxylation sites is 2. The monoisotopic (exact) mass is 306 g/mol. The zero-order valence-electron chi connectivity index (χ0n) is 11.1. The van der Waals surface area contributed by atoms with Crippen molar-refractivity contribution in [1.82, 2.24) is 0 Å². The second-order valence-electron chi connectivity index (χ2n) is 3.80. The lowest BCUT2D eigenvalue weighted by atomic mass is 10.3. The lowest BCUT2D eigenvalue weighted by molar-refractivity contribution is -0.275. The molecular weight excluding hydrogens is 293 g/mol. The third kappa shape index (κ3) is 6.64.